The average Bonchev–Trinajstić information content (AvgIpc) is 3.92. The number of carbonyl (C=O) groups is 4. The molecular weight excluding hydrogens is 704 g/mol. The molecule has 51 heavy (non-hydrogen) atoms. The summed E-state index contributed by atoms with van der Waals surface area (Å²) < 4.78 is 89.5. The van der Waals surface area contributed by atoms with Gasteiger partial charge in [0.05, 0.1) is 16.8 Å². The summed E-state index contributed by atoms with van der Waals surface area (Å²) in [5.74, 6) is -5.44. The molecule has 4 N–H and O–H groups in total. The Balaban J connectivity index is 1.34. The lowest BCUT2D eigenvalue weighted by Gasteiger charge is -2.29. The number of halogens is 4. The maximum Gasteiger partial charge on any atom is 0.438 e. The highest BCUT2D eigenvalue weighted by Gasteiger charge is 2.63. The number of amides is 4. The third-order valence-corrected chi connectivity index (χ3v) is 12.1. The van der Waals surface area contributed by atoms with Crippen LogP contribution in [0.2, 0.25) is 0 Å². The molecular formula is C32H36F4N6O8S. The lowest BCUT2D eigenvalue weighted by Crippen LogP contribution is -2.58. The highest BCUT2D eigenvalue weighted by molar-refractivity contribution is 7.91. The molecule has 2 saturated carbocycles. The maximum absolute atomic E-state index is 14.6. The molecule has 4 amide bonds. The lowest BCUT2D eigenvalue weighted by molar-refractivity contribution is -0.143. The third-order valence-electron chi connectivity index (χ3n) is 9.93. The monoisotopic (exact) mass is 740 g/mol. The van der Waals surface area contributed by atoms with Gasteiger partial charge in [0.2, 0.25) is 33.4 Å². The number of para-hydroxylation sites is 1. The van der Waals surface area contributed by atoms with Crippen molar-refractivity contribution in [2.75, 3.05) is 6.54 Å². The first kappa shape index (κ1) is 36.2. The van der Waals surface area contributed by atoms with Crippen LogP contribution in [-0.2, 0) is 30.6 Å². The van der Waals surface area contributed by atoms with Gasteiger partial charge >= 0.3 is 12.3 Å². The minimum Gasteiger partial charge on any atom is -0.471 e. The van der Waals surface area contributed by atoms with Crippen LogP contribution < -0.4 is 20.1 Å². The third kappa shape index (κ3) is 7.30. The van der Waals surface area contributed by atoms with Crippen LogP contribution >= 0.6 is 0 Å². The molecule has 0 spiro atoms. The Kier molecular flexibility index (Phi) is 9.39. The first-order chi connectivity index (χ1) is 23.9. The van der Waals surface area contributed by atoms with Crippen LogP contribution in [0.25, 0.3) is 11.0 Å². The van der Waals surface area contributed by atoms with Gasteiger partial charge in [-0.25, -0.2) is 27.6 Å². The van der Waals surface area contributed by atoms with Crippen LogP contribution in [0.15, 0.2) is 30.4 Å². The van der Waals surface area contributed by atoms with Gasteiger partial charge in [-0.3, -0.25) is 19.1 Å². The second kappa shape index (κ2) is 13.2. The summed E-state index contributed by atoms with van der Waals surface area (Å²) in [5.41, 5.74) is -4.19. The number of fused-ring (bicyclic) bond motifs is 3. The Bertz CT molecular complexity index is 1910. The Morgan fingerprint density at radius 3 is 2.57 bits per heavy atom. The van der Waals surface area contributed by atoms with E-state index in [0.29, 0.717) is 38.5 Å². The zero-order chi connectivity index (χ0) is 36.9. The number of hydrogen-bond acceptors (Lipinski definition) is 9. The number of aromatic nitrogens is 2. The highest BCUT2D eigenvalue weighted by Crippen LogP contribution is 2.47. The molecule has 3 heterocycles. The number of nitrogens with one attached hydrogen (secondary N) is 3. The molecule has 5 atom stereocenters. The number of nitrogens with zero attached hydrogens (tertiary/aromatic N) is 3. The van der Waals surface area contributed by atoms with Gasteiger partial charge in [-0.2, -0.15) is 13.2 Å². The van der Waals surface area contributed by atoms with Crippen LogP contribution in [0.5, 0.6) is 5.88 Å². The largest absolute Gasteiger partial charge is 0.471 e. The summed E-state index contributed by atoms with van der Waals surface area (Å²) in [6.07, 6.45) is -1.93. The molecule has 19 heteroatoms. The summed E-state index contributed by atoms with van der Waals surface area (Å²) >= 11 is 0. The molecule has 2 aliphatic heterocycles. The standard InChI is InChI=1S/C32H36F4N6O8S/c1-30(12-13-30)51(48,49)41-28(45)31-15-17(31)8-5-3-2-4-6-10-21(38-29(46)47)27(44)42-16-18(14-22(42)25(43)40-31)50-26-24(32(34,35)36)37-20-11-7-9-19(33)23(20)39-26/h5,7-9,11,17-18,21-22,38H,2-4,6,10,12-16H2,1H3,(H,40,43)(H,41,45)(H,46,47)/t17-,18-,21+,22+,31-/m1/s1. The fourth-order valence-electron chi connectivity index (χ4n) is 6.55. The Hall–Kier alpha value is -4.55. The predicted molar refractivity (Wildman–Crippen MR) is 170 cm³/mol. The first-order valence-corrected chi connectivity index (χ1v) is 18.0. The summed E-state index contributed by atoms with van der Waals surface area (Å²) in [6, 6.07) is 0.431. The number of hydrogen-bond donors (Lipinski definition) is 4. The molecule has 1 saturated heterocycles. The van der Waals surface area contributed by atoms with E-state index in [0.717, 1.165) is 23.1 Å². The van der Waals surface area contributed by atoms with Crippen molar-refractivity contribution < 1.29 is 55.0 Å². The summed E-state index contributed by atoms with van der Waals surface area (Å²) in [5, 5.41) is 14.3. The number of carboxylic acid groups (broad SMARTS) is 1. The van der Waals surface area contributed by atoms with E-state index in [1.54, 1.807) is 12.2 Å². The molecule has 276 valence electrons. The molecule has 0 unspecified atom stereocenters. The van der Waals surface area contributed by atoms with Crippen molar-refractivity contribution in [1.29, 1.82) is 0 Å². The molecule has 0 radical (unpaired) electrons. The molecule has 2 aromatic rings. The second-order valence-corrected chi connectivity index (χ2v) is 15.9. The van der Waals surface area contributed by atoms with E-state index in [4.69, 9.17) is 4.74 Å². The Morgan fingerprint density at radius 2 is 1.88 bits per heavy atom. The van der Waals surface area contributed by atoms with E-state index < -0.39 is 110 Å². The normalized spacial score (nSPS) is 28.1. The van der Waals surface area contributed by atoms with E-state index in [-0.39, 0.29) is 18.4 Å². The van der Waals surface area contributed by atoms with Crippen molar-refractivity contribution in [3.63, 3.8) is 0 Å². The van der Waals surface area contributed by atoms with Crippen molar-refractivity contribution in [2.24, 2.45) is 5.92 Å². The van der Waals surface area contributed by atoms with Crippen LogP contribution in [0.1, 0.15) is 70.4 Å². The molecule has 6 rings (SSSR count). The number of ether oxygens (including phenoxy) is 1. The topological polar surface area (TPSA) is 197 Å². The van der Waals surface area contributed by atoms with E-state index in [1.165, 1.54) is 6.92 Å². The van der Waals surface area contributed by atoms with Crippen molar-refractivity contribution in [3.8, 4) is 5.88 Å². The SMILES string of the molecule is CC1(S(=O)(=O)NC(=O)[C@@]23C[C@H]2C=CCCCCC[C@H](NC(=O)O)C(=O)N2C[C@H](Oc4nc5c(F)cccc5nc4C(F)(F)F)C[C@H]2C(=O)N3)CC1. The van der Waals surface area contributed by atoms with Gasteiger partial charge in [-0.1, -0.05) is 31.1 Å². The molecule has 14 nitrogen and oxygen atoms in total. The number of benzene rings is 1. The summed E-state index contributed by atoms with van der Waals surface area (Å²) in [4.78, 5) is 61.5. The van der Waals surface area contributed by atoms with Gasteiger partial charge in [-0.05, 0) is 57.6 Å². The number of alkyl halides is 3. The Morgan fingerprint density at radius 1 is 1.14 bits per heavy atom. The molecule has 3 fully saturated rings. The fraction of sp³-hybridized carbons (Fsp3) is 0.562. The lowest BCUT2D eigenvalue weighted by atomic mass is 10.1. The van der Waals surface area contributed by atoms with Crippen LogP contribution in [-0.4, -0.2) is 87.2 Å². The van der Waals surface area contributed by atoms with Gasteiger partial charge < -0.3 is 25.4 Å². The number of allylic oxidation sites excluding steroid dienone is 1. The minimum atomic E-state index is -5.10. The number of carbonyl (C=O) groups excluding carboxylic acids is 3. The van der Waals surface area contributed by atoms with Gasteiger partial charge in [0, 0.05) is 12.3 Å². The van der Waals surface area contributed by atoms with E-state index in [9.17, 15) is 50.3 Å². The van der Waals surface area contributed by atoms with Crippen LogP contribution in [0.4, 0.5) is 22.4 Å². The summed E-state index contributed by atoms with van der Waals surface area (Å²) in [7, 11) is -4.11. The van der Waals surface area contributed by atoms with Gasteiger partial charge in [0.1, 0.15) is 29.2 Å². The van der Waals surface area contributed by atoms with E-state index >= 15 is 0 Å². The summed E-state index contributed by atoms with van der Waals surface area (Å²) in [6.45, 7) is 0.972. The highest BCUT2D eigenvalue weighted by atomic mass is 32.2. The Labute approximate surface area is 289 Å². The van der Waals surface area contributed by atoms with Crippen LogP contribution in [0, 0.1) is 11.7 Å². The molecule has 1 aromatic carbocycles. The van der Waals surface area contributed by atoms with Crippen molar-refractivity contribution in [3.05, 3.63) is 41.9 Å². The fourth-order valence-corrected chi connectivity index (χ4v) is 7.86. The maximum atomic E-state index is 14.6. The average molecular weight is 741 g/mol. The molecule has 1 aromatic heterocycles. The zero-order valence-electron chi connectivity index (χ0n) is 27.3. The van der Waals surface area contributed by atoms with E-state index in [2.05, 4.69) is 25.3 Å². The number of sulfonamides is 1. The van der Waals surface area contributed by atoms with Crippen LogP contribution in [0.3, 0.4) is 0 Å². The van der Waals surface area contributed by atoms with Crippen molar-refractivity contribution in [1.82, 2.24) is 30.2 Å². The van der Waals surface area contributed by atoms with Gasteiger partial charge in [0.25, 0.3) is 5.91 Å². The quantitative estimate of drug-likeness (QED) is 0.252. The first-order valence-electron chi connectivity index (χ1n) is 16.5. The van der Waals surface area contributed by atoms with E-state index in [1.807, 2.05) is 0 Å². The predicted octanol–water partition coefficient (Wildman–Crippen LogP) is 3.17. The zero-order valence-corrected chi connectivity index (χ0v) is 28.2. The smallest absolute Gasteiger partial charge is 0.438 e. The molecule has 0 bridgehead atoms. The van der Waals surface area contributed by atoms with Crippen molar-refractivity contribution in [2.45, 2.75) is 99.4 Å². The second-order valence-electron chi connectivity index (χ2n) is 13.7. The molecule has 4 aliphatic rings. The van der Waals surface area contributed by atoms with Gasteiger partial charge in [0.15, 0.2) is 5.82 Å². The van der Waals surface area contributed by atoms with Gasteiger partial charge in [-0.15, -0.1) is 0 Å². The number of rotatable bonds is 6. The minimum absolute atomic E-state index is 0.0320. The molecule has 2 aliphatic carbocycles. The van der Waals surface area contributed by atoms with Crippen molar-refractivity contribution >= 4 is 44.9 Å².